The van der Waals surface area contributed by atoms with Crippen LogP contribution in [0.5, 0.6) is 0 Å². The molecular formula is C13H19NO. The van der Waals surface area contributed by atoms with Crippen molar-refractivity contribution >= 4 is 11.5 Å². The van der Waals surface area contributed by atoms with Crippen molar-refractivity contribution in [3.05, 3.63) is 29.8 Å². The molecule has 0 amide bonds. The van der Waals surface area contributed by atoms with E-state index in [0.717, 1.165) is 5.69 Å². The van der Waals surface area contributed by atoms with Crippen molar-refractivity contribution in [2.45, 2.75) is 33.1 Å². The smallest absolute Gasteiger partial charge is 0.148 e. The Morgan fingerprint density at radius 2 is 1.73 bits per heavy atom. The average Bonchev–Trinajstić information content (AvgIpc) is 2.14. The van der Waals surface area contributed by atoms with Gasteiger partial charge in [-0.2, -0.15) is 0 Å². The molecule has 0 bridgehead atoms. The molecule has 1 aromatic carbocycles. The zero-order valence-electron chi connectivity index (χ0n) is 9.92. The summed E-state index contributed by atoms with van der Waals surface area (Å²) in [6.45, 7) is 8.53. The molecule has 0 aliphatic carbocycles. The molecule has 0 fully saturated rings. The third-order valence-corrected chi connectivity index (χ3v) is 2.29. The van der Waals surface area contributed by atoms with Crippen LogP contribution in [0.4, 0.5) is 5.69 Å². The van der Waals surface area contributed by atoms with Gasteiger partial charge in [-0.3, -0.25) is 4.79 Å². The van der Waals surface area contributed by atoms with Crippen molar-refractivity contribution < 1.29 is 4.79 Å². The summed E-state index contributed by atoms with van der Waals surface area (Å²) in [7, 11) is 0. The lowest BCUT2D eigenvalue weighted by atomic mass is 9.87. The fraction of sp³-hybridized carbons (Fsp3) is 0.462. The highest BCUT2D eigenvalue weighted by atomic mass is 16.1. The highest BCUT2D eigenvalue weighted by Gasteiger charge is 2.12. The summed E-state index contributed by atoms with van der Waals surface area (Å²) in [5.74, 6) is 0.148. The minimum Gasteiger partial charge on any atom is -0.378 e. The molecule has 0 unspecified atom stereocenters. The molecule has 0 heterocycles. The molecule has 15 heavy (non-hydrogen) atoms. The van der Waals surface area contributed by atoms with Crippen molar-refractivity contribution in [2.75, 3.05) is 11.9 Å². The van der Waals surface area contributed by atoms with Crippen LogP contribution in [-0.4, -0.2) is 12.3 Å². The van der Waals surface area contributed by atoms with Crippen LogP contribution in [0.25, 0.3) is 0 Å². The maximum atomic E-state index is 10.8. The second-order valence-electron chi connectivity index (χ2n) is 4.88. The molecule has 0 saturated heterocycles. The number of hydrogen-bond acceptors (Lipinski definition) is 2. The molecule has 1 rings (SSSR count). The van der Waals surface area contributed by atoms with E-state index < -0.39 is 0 Å². The Hall–Kier alpha value is -1.31. The Labute approximate surface area is 91.7 Å². The molecule has 1 aromatic rings. The summed E-state index contributed by atoms with van der Waals surface area (Å²) in [5.41, 5.74) is 2.48. The number of hydrogen-bond donors (Lipinski definition) is 1. The van der Waals surface area contributed by atoms with Gasteiger partial charge in [-0.25, -0.2) is 0 Å². The Bertz CT molecular complexity index is 333. The molecule has 82 valence electrons. The standard InChI is InChI=1S/C13H19NO/c1-10(15)9-14-12-7-5-11(6-8-12)13(2,3)4/h5-8,14H,9H2,1-4H3. The second-order valence-corrected chi connectivity index (χ2v) is 4.88. The molecular weight excluding hydrogens is 186 g/mol. The first-order valence-corrected chi connectivity index (χ1v) is 5.23. The van der Waals surface area contributed by atoms with Crippen LogP contribution in [0.1, 0.15) is 33.3 Å². The molecule has 2 heteroatoms. The van der Waals surface area contributed by atoms with Gasteiger partial charge in [-0.1, -0.05) is 32.9 Å². The first kappa shape index (κ1) is 11.8. The number of carbonyl (C=O) groups is 1. The zero-order valence-corrected chi connectivity index (χ0v) is 9.92. The van der Waals surface area contributed by atoms with E-state index in [1.165, 1.54) is 5.56 Å². The fourth-order valence-electron chi connectivity index (χ4n) is 1.31. The number of ketones is 1. The number of benzene rings is 1. The van der Waals surface area contributed by atoms with E-state index in [0.29, 0.717) is 6.54 Å². The summed E-state index contributed by atoms with van der Waals surface area (Å²) in [5, 5.41) is 3.07. The average molecular weight is 205 g/mol. The van der Waals surface area contributed by atoms with Crippen molar-refractivity contribution in [2.24, 2.45) is 0 Å². The molecule has 0 aliphatic heterocycles. The Morgan fingerprint density at radius 3 is 2.13 bits per heavy atom. The minimum absolute atomic E-state index is 0.148. The molecule has 0 radical (unpaired) electrons. The Kier molecular flexibility index (Phi) is 3.51. The topological polar surface area (TPSA) is 29.1 Å². The Morgan fingerprint density at radius 1 is 1.20 bits per heavy atom. The van der Waals surface area contributed by atoms with Gasteiger partial charge in [0.25, 0.3) is 0 Å². The lowest BCUT2D eigenvalue weighted by Crippen LogP contribution is -2.12. The number of nitrogens with one attached hydrogen (secondary N) is 1. The first-order chi connectivity index (χ1) is 6.89. The highest BCUT2D eigenvalue weighted by molar-refractivity contribution is 5.80. The zero-order chi connectivity index (χ0) is 11.5. The largest absolute Gasteiger partial charge is 0.378 e. The summed E-state index contributed by atoms with van der Waals surface area (Å²) < 4.78 is 0. The van der Waals surface area contributed by atoms with Crippen LogP contribution in [0.15, 0.2) is 24.3 Å². The van der Waals surface area contributed by atoms with E-state index in [1.807, 2.05) is 12.1 Å². The van der Waals surface area contributed by atoms with Gasteiger partial charge < -0.3 is 5.32 Å². The van der Waals surface area contributed by atoms with E-state index in [4.69, 9.17) is 0 Å². The van der Waals surface area contributed by atoms with Gasteiger partial charge >= 0.3 is 0 Å². The van der Waals surface area contributed by atoms with E-state index in [9.17, 15) is 4.79 Å². The lowest BCUT2D eigenvalue weighted by Gasteiger charge is -2.19. The number of anilines is 1. The van der Waals surface area contributed by atoms with E-state index >= 15 is 0 Å². The summed E-state index contributed by atoms with van der Waals surface area (Å²) in [6, 6.07) is 8.23. The van der Waals surface area contributed by atoms with Gasteiger partial charge in [-0.05, 0) is 30.0 Å². The fourth-order valence-corrected chi connectivity index (χ4v) is 1.31. The van der Waals surface area contributed by atoms with E-state index in [2.05, 4.69) is 38.2 Å². The Balaban J connectivity index is 2.69. The molecule has 0 aliphatic rings. The summed E-state index contributed by atoms with van der Waals surface area (Å²) in [4.78, 5) is 10.8. The number of carbonyl (C=O) groups excluding carboxylic acids is 1. The van der Waals surface area contributed by atoms with Crippen LogP contribution in [0.2, 0.25) is 0 Å². The summed E-state index contributed by atoms with van der Waals surface area (Å²) >= 11 is 0. The van der Waals surface area contributed by atoms with E-state index in [1.54, 1.807) is 6.92 Å². The van der Waals surface area contributed by atoms with Crippen LogP contribution in [0.3, 0.4) is 0 Å². The lowest BCUT2D eigenvalue weighted by molar-refractivity contribution is -0.115. The van der Waals surface area contributed by atoms with Crippen LogP contribution in [0, 0.1) is 0 Å². The van der Waals surface area contributed by atoms with Crippen molar-refractivity contribution in [1.82, 2.24) is 0 Å². The van der Waals surface area contributed by atoms with Crippen LogP contribution in [-0.2, 0) is 10.2 Å². The van der Waals surface area contributed by atoms with Gasteiger partial charge in [0.15, 0.2) is 0 Å². The summed E-state index contributed by atoms with van der Waals surface area (Å²) in [6.07, 6.45) is 0. The van der Waals surface area contributed by atoms with Gasteiger partial charge in [0, 0.05) is 5.69 Å². The third kappa shape index (κ3) is 3.74. The second kappa shape index (κ2) is 4.47. The molecule has 2 nitrogen and oxygen atoms in total. The minimum atomic E-state index is 0.148. The number of rotatable bonds is 3. The van der Waals surface area contributed by atoms with E-state index in [-0.39, 0.29) is 11.2 Å². The predicted molar refractivity (Wildman–Crippen MR) is 64.3 cm³/mol. The molecule has 0 spiro atoms. The maximum absolute atomic E-state index is 10.8. The van der Waals surface area contributed by atoms with Gasteiger partial charge in [0.05, 0.1) is 6.54 Å². The molecule has 0 atom stereocenters. The van der Waals surface area contributed by atoms with Gasteiger partial charge in [0.2, 0.25) is 0 Å². The molecule has 1 N–H and O–H groups in total. The predicted octanol–water partition coefficient (Wildman–Crippen LogP) is 2.99. The first-order valence-electron chi connectivity index (χ1n) is 5.23. The third-order valence-electron chi connectivity index (χ3n) is 2.29. The van der Waals surface area contributed by atoms with Crippen LogP contribution < -0.4 is 5.32 Å². The van der Waals surface area contributed by atoms with Crippen LogP contribution >= 0.6 is 0 Å². The number of Topliss-reactive ketones (excluding diaryl/α,β-unsaturated/α-hetero) is 1. The normalized spacial score (nSPS) is 11.2. The quantitative estimate of drug-likeness (QED) is 0.822. The van der Waals surface area contributed by atoms with Crippen molar-refractivity contribution in [3.8, 4) is 0 Å². The highest BCUT2D eigenvalue weighted by Crippen LogP contribution is 2.23. The van der Waals surface area contributed by atoms with Crippen molar-refractivity contribution in [3.63, 3.8) is 0 Å². The maximum Gasteiger partial charge on any atom is 0.148 e. The monoisotopic (exact) mass is 205 g/mol. The van der Waals surface area contributed by atoms with Gasteiger partial charge in [-0.15, -0.1) is 0 Å². The van der Waals surface area contributed by atoms with Crippen molar-refractivity contribution in [1.29, 1.82) is 0 Å². The molecule has 0 aromatic heterocycles. The molecule has 0 saturated carbocycles. The van der Waals surface area contributed by atoms with Gasteiger partial charge in [0.1, 0.15) is 5.78 Å². The SMILES string of the molecule is CC(=O)CNc1ccc(C(C)(C)C)cc1.